The highest BCUT2D eigenvalue weighted by Gasteiger charge is 2.36. The van der Waals surface area contributed by atoms with E-state index in [0.29, 0.717) is 30.5 Å². The predicted octanol–water partition coefficient (Wildman–Crippen LogP) is 1.76. The molecule has 0 aromatic carbocycles. The Morgan fingerprint density at radius 1 is 1.42 bits per heavy atom. The Morgan fingerprint density at radius 3 is 2.63 bits per heavy atom. The van der Waals surface area contributed by atoms with Crippen LogP contribution in [0, 0.1) is 18.3 Å². The minimum atomic E-state index is 0.150. The molecular formula is C14H22N4O. The first-order valence-corrected chi connectivity index (χ1v) is 6.63. The zero-order chi connectivity index (χ0) is 14.2. The van der Waals surface area contributed by atoms with E-state index < -0.39 is 0 Å². The number of nitrogens with two attached hydrogens (primary N) is 1. The average Bonchev–Trinajstić information content (AvgIpc) is 2.58. The number of nitrogens with zero attached hydrogens (tertiary/aromatic N) is 3. The first kappa shape index (κ1) is 13.8. The molecular weight excluding hydrogens is 240 g/mol. The Hall–Kier alpha value is -1.65. The zero-order valence-electron chi connectivity index (χ0n) is 12.1. The van der Waals surface area contributed by atoms with E-state index in [-0.39, 0.29) is 11.3 Å². The van der Waals surface area contributed by atoms with Crippen molar-refractivity contribution in [3.63, 3.8) is 0 Å². The van der Waals surface area contributed by atoms with Gasteiger partial charge in [0.25, 0.3) is 0 Å². The molecule has 1 atom stereocenters. The smallest absolute Gasteiger partial charge is 0.223 e. The van der Waals surface area contributed by atoms with Crippen LogP contribution in [0.25, 0.3) is 0 Å². The molecule has 1 saturated heterocycles. The van der Waals surface area contributed by atoms with Crippen LogP contribution in [0.15, 0.2) is 6.07 Å². The zero-order valence-corrected chi connectivity index (χ0v) is 12.1. The summed E-state index contributed by atoms with van der Waals surface area (Å²) in [5.41, 5.74) is 6.69. The maximum Gasteiger partial charge on any atom is 0.223 e. The maximum atomic E-state index is 12.0. The van der Waals surface area contributed by atoms with Gasteiger partial charge in [0.1, 0.15) is 11.6 Å². The fourth-order valence-corrected chi connectivity index (χ4v) is 2.40. The Labute approximate surface area is 114 Å². The lowest BCUT2D eigenvalue weighted by atomic mass is 9.80. The third-order valence-corrected chi connectivity index (χ3v) is 3.69. The van der Waals surface area contributed by atoms with Crippen LogP contribution in [0.2, 0.25) is 0 Å². The van der Waals surface area contributed by atoms with Crippen LogP contribution in [0.4, 0.5) is 5.82 Å². The van der Waals surface area contributed by atoms with Crippen molar-refractivity contribution in [1.82, 2.24) is 14.9 Å². The normalized spacial score (nSPS) is 20.1. The van der Waals surface area contributed by atoms with Crippen molar-refractivity contribution in [3.8, 4) is 0 Å². The largest absolute Gasteiger partial charge is 0.384 e. The first-order chi connectivity index (χ1) is 8.75. The van der Waals surface area contributed by atoms with Crippen LogP contribution in [0.1, 0.15) is 38.7 Å². The molecule has 1 fully saturated rings. The lowest BCUT2D eigenvalue weighted by molar-refractivity contribution is -0.128. The number of aromatic nitrogens is 2. The van der Waals surface area contributed by atoms with Crippen molar-refractivity contribution in [1.29, 1.82) is 0 Å². The topological polar surface area (TPSA) is 72.1 Å². The number of amides is 1. The van der Waals surface area contributed by atoms with Crippen LogP contribution in [-0.2, 0) is 11.3 Å². The Kier molecular flexibility index (Phi) is 3.47. The van der Waals surface area contributed by atoms with Gasteiger partial charge in [-0.05, 0) is 18.3 Å². The second kappa shape index (κ2) is 4.79. The predicted molar refractivity (Wildman–Crippen MR) is 74.2 cm³/mol. The number of anilines is 1. The van der Waals surface area contributed by atoms with Gasteiger partial charge in [-0.2, -0.15) is 0 Å². The maximum absolute atomic E-state index is 12.0. The van der Waals surface area contributed by atoms with E-state index in [0.717, 1.165) is 12.2 Å². The summed E-state index contributed by atoms with van der Waals surface area (Å²) in [4.78, 5) is 22.4. The summed E-state index contributed by atoms with van der Waals surface area (Å²) < 4.78 is 0. The van der Waals surface area contributed by atoms with Crippen molar-refractivity contribution in [2.24, 2.45) is 11.3 Å². The molecule has 2 rings (SSSR count). The minimum absolute atomic E-state index is 0.150. The highest BCUT2D eigenvalue weighted by Crippen LogP contribution is 2.34. The van der Waals surface area contributed by atoms with Crippen molar-refractivity contribution in [3.05, 3.63) is 17.6 Å². The number of hydrogen-bond donors (Lipinski definition) is 1. The van der Waals surface area contributed by atoms with E-state index >= 15 is 0 Å². The van der Waals surface area contributed by atoms with E-state index in [1.807, 2.05) is 11.8 Å². The van der Waals surface area contributed by atoms with Gasteiger partial charge in [0.2, 0.25) is 5.91 Å². The molecule has 1 amide bonds. The fourth-order valence-electron chi connectivity index (χ4n) is 2.40. The number of carbonyl (C=O) groups excluding carboxylic acids is 1. The first-order valence-electron chi connectivity index (χ1n) is 6.63. The summed E-state index contributed by atoms with van der Waals surface area (Å²) in [5.74, 6) is 1.66. The molecule has 2 heterocycles. The molecule has 2 N–H and O–H groups in total. The number of rotatable bonds is 2. The van der Waals surface area contributed by atoms with Gasteiger partial charge >= 0.3 is 0 Å². The molecule has 0 bridgehead atoms. The number of hydrogen-bond acceptors (Lipinski definition) is 4. The van der Waals surface area contributed by atoms with Gasteiger partial charge in [-0.3, -0.25) is 4.79 Å². The molecule has 19 heavy (non-hydrogen) atoms. The highest BCUT2D eigenvalue weighted by atomic mass is 16.2. The van der Waals surface area contributed by atoms with E-state index in [1.54, 1.807) is 6.07 Å². The van der Waals surface area contributed by atoms with Gasteiger partial charge < -0.3 is 10.6 Å². The molecule has 0 saturated carbocycles. The van der Waals surface area contributed by atoms with Gasteiger partial charge in [-0.25, -0.2) is 9.97 Å². The molecule has 104 valence electrons. The molecule has 0 radical (unpaired) electrons. The standard InChI is InChI=1S/C14H22N4O/c1-9-5-11(15)17-12(16-9)8-18-7-10(6-13(18)19)14(2,3)4/h5,10H,6-8H2,1-4H3,(H2,15,16,17). The quantitative estimate of drug-likeness (QED) is 0.881. The van der Waals surface area contributed by atoms with Crippen molar-refractivity contribution >= 4 is 11.7 Å². The summed E-state index contributed by atoms with van der Waals surface area (Å²) in [7, 11) is 0. The van der Waals surface area contributed by atoms with Crippen LogP contribution in [0.3, 0.4) is 0 Å². The van der Waals surface area contributed by atoms with Gasteiger partial charge in [0, 0.05) is 24.7 Å². The van der Waals surface area contributed by atoms with Gasteiger partial charge in [0.15, 0.2) is 0 Å². The Balaban J connectivity index is 2.10. The SMILES string of the molecule is Cc1cc(N)nc(CN2CC(C(C)(C)C)CC2=O)n1. The monoisotopic (exact) mass is 262 g/mol. The molecule has 1 unspecified atom stereocenters. The van der Waals surface area contributed by atoms with Gasteiger partial charge in [-0.15, -0.1) is 0 Å². The van der Waals surface area contributed by atoms with Crippen molar-refractivity contribution < 1.29 is 4.79 Å². The second-order valence-electron chi connectivity index (χ2n) is 6.39. The Bertz CT molecular complexity index is 472. The number of aryl methyl sites for hydroxylation is 1. The third kappa shape index (κ3) is 3.22. The van der Waals surface area contributed by atoms with E-state index in [1.165, 1.54) is 0 Å². The van der Waals surface area contributed by atoms with E-state index in [9.17, 15) is 4.79 Å². The van der Waals surface area contributed by atoms with Crippen molar-refractivity contribution in [2.45, 2.75) is 40.7 Å². The van der Waals surface area contributed by atoms with Crippen LogP contribution in [-0.4, -0.2) is 27.3 Å². The number of carbonyl (C=O) groups is 1. The molecule has 0 aliphatic carbocycles. The number of likely N-dealkylation sites (tertiary alicyclic amines) is 1. The third-order valence-electron chi connectivity index (χ3n) is 3.69. The van der Waals surface area contributed by atoms with Crippen LogP contribution < -0.4 is 5.73 Å². The Morgan fingerprint density at radius 2 is 2.11 bits per heavy atom. The van der Waals surface area contributed by atoms with E-state index in [4.69, 9.17) is 5.73 Å². The second-order valence-corrected chi connectivity index (χ2v) is 6.39. The summed E-state index contributed by atoms with van der Waals surface area (Å²) in [6.07, 6.45) is 0.616. The van der Waals surface area contributed by atoms with Gasteiger partial charge in [0.05, 0.1) is 6.54 Å². The lowest BCUT2D eigenvalue weighted by Gasteiger charge is -2.26. The summed E-state index contributed by atoms with van der Waals surface area (Å²) in [5, 5.41) is 0. The average molecular weight is 262 g/mol. The molecule has 1 aliphatic rings. The molecule has 1 aromatic heterocycles. The molecule has 5 nitrogen and oxygen atoms in total. The van der Waals surface area contributed by atoms with E-state index in [2.05, 4.69) is 30.7 Å². The lowest BCUT2D eigenvalue weighted by Crippen LogP contribution is -2.28. The van der Waals surface area contributed by atoms with Crippen molar-refractivity contribution in [2.75, 3.05) is 12.3 Å². The highest BCUT2D eigenvalue weighted by molar-refractivity contribution is 5.78. The molecule has 0 spiro atoms. The minimum Gasteiger partial charge on any atom is -0.384 e. The summed E-state index contributed by atoms with van der Waals surface area (Å²) in [6, 6.07) is 1.73. The van der Waals surface area contributed by atoms with Gasteiger partial charge in [-0.1, -0.05) is 20.8 Å². The summed E-state index contributed by atoms with van der Waals surface area (Å²) >= 11 is 0. The fraction of sp³-hybridized carbons (Fsp3) is 0.643. The molecule has 1 aromatic rings. The molecule has 1 aliphatic heterocycles. The number of nitrogen functional groups attached to an aromatic ring is 1. The van der Waals surface area contributed by atoms with Crippen LogP contribution >= 0.6 is 0 Å². The summed E-state index contributed by atoms with van der Waals surface area (Å²) in [6.45, 7) is 9.64. The van der Waals surface area contributed by atoms with Crippen LogP contribution in [0.5, 0.6) is 0 Å². The molecule has 5 heteroatoms.